The van der Waals surface area contributed by atoms with E-state index >= 15 is 0 Å². The molecule has 0 fully saturated rings. The van der Waals surface area contributed by atoms with Gasteiger partial charge in [-0.05, 0) is 51.0 Å². The van der Waals surface area contributed by atoms with Crippen molar-refractivity contribution < 1.29 is 8.78 Å². The molecule has 0 saturated heterocycles. The van der Waals surface area contributed by atoms with Gasteiger partial charge in [0.05, 0.1) is 0 Å². The zero-order valence-electron chi connectivity index (χ0n) is 10.3. The lowest BCUT2D eigenvalue weighted by Gasteiger charge is -2.22. The lowest BCUT2D eigenvalue weighted by Crippen LogP contribution is -2.38. The van der Waals surface area contributed by atoms with Gasteiger partial charge in [-0.25, -0.2) is 8.78 Å². The highest BCUT2D eigenvalue weighted by Gasteiger charge is 2.16. The SMILES string of the molecule is Cc1cc(F)ccc1C(F)CNC(C)(C)C. The van der Waals surface area contributed by atoms with E-state index < -0.39 is 6.17 Å². The molecule has 0 aliphatic rings. The molecule has 0 aromatic heterocycles. The number of halogens is 2. The third-order valence-corrected chi connectivity index (χ3v) is 2.38. The second kappa shape index (κ2) is 4.91. The quantitative estimate of drug-likeness (QED) is 0.833. The van der Waals surface area contributed by atoms with Crippen LogP contribution in [-0.2, 0) is 0 Å². The van der Waals surface area contributed by atoms with Crippen molar-refractivity contribution in [2.45, 2.75) is 39.4 Å². The Morgan fingerprint density at radius 3 is 2.44 bits per heavy atom. The summed E-state index contributed by atoms with van der Waals surface area (Å²) in [6.45, 7) is 7.92. The normalized spacial score (nSPS) is 13.9. The Kier molecular flexibility index (Phi) is 4.03. The van der Waals surface area contributed by atoms with E-state index in [9.17, 15) is 8.78 Å². The van der Waals surface area contributed by atoms with Gasteiger partial charge in [0.1, 0.15) is 12.0 Å². The van der Waals surface area contributed by atoms with Crippen LogP contribution in [0.1, 0.15) is 38.1 Å². The van der Waals surface area contributed by atoms with E-state index in [4.69, 9.17) is 0 Å². The van der Waals surface area contributed by atoms with E-state index in [0.717, 1.165) is 0 Å². The van der Waals surface area contributed by atoms with Gasteiger partial charge in [-0.3, -0.25) is 0 Å². The van der Waals surface area contributed by atoms with Crippen molar-refractivity contribution in [2.75, 3.05) is 6.54 Å². The molecule has 0 aliphatic carbocycles. The third kappa shape index (κ3) is 3.89. The van der Waals surface area contributed by atoms with Gasteiger partial charge in [0, 0.05) is 12.1 Å². The van der Waals surface area contributed by atoms with Crippen LogP contribution in [0.4, 0.5) is 8.78 Å². The predicted molar refractivity (Wildman–Crippen MR) is 62.7 cm³/mol. The molecule has 1 aromatic carbocycles. The maximum Gasteiger partial charge on any atom is 0.138 e. The van der Waals surface area contributed by atoms with E-state index in [-0.39, 0.29) is 17.9 Å². The number of hydrogen-bond acceptors (Lipinski definition) is 1. The first kappa shape index (κ1) is 13.1. The maximum atomic E-state index is 13.9. The van der Waals surface area contributed by atoms with Crippen LogP contribution in [0.5, 0.6) is 0 Å². The highest BCUT2D eigenvalue weighted by Crippen LogP contribution is 2.22. The summed E-state index contributed by atoms with van der Waals surface area (Å²) in [5.74, 6) is -0.322. The molecule has 1 atom stereocenters. The van der Waals surface area contributed by atoms with Gasteiger partial charge in [-0.1, -0.05) is 6.07 Å². The summed E-state index contributed by atoms with van der Waals surface area (Å²) in [6, 6.07) is 4.17. The van der Waals surface area contributed by atoms with Crippen molar-refractivity contribution in [3.8, 4) is 0 Å². The van der Waals surface area contributed by atoms with Crippen LogP contribution in [0.25, 0.3) is 0 Å². The molecule has 16 heavy (non-hydrogen) atoms. The van der Waals surface area contributed by atoms with E-state index in [1.807, 2.05) is 20.8 Å². The molecule has 3 heteroatoms. The van der Waals surface area contributed by atoms with Crippen molar-refractivity contribution in [3.63, 3.8) is 0 Å². The average molecular weight is 227 g/mol. The molecule has 0 amide bonds. The predicted octanol–water partition coefficient (Wildman–Crippen LogP) is 3.53. The van der Waals surface area contributed by atoms with E-state index in [2.05, 4.69) is 5.32 Å². The summed E-state index contributed by atoms with van der Waals surface area (Å²) in [5, 5.41) is 3.09. The Morgan fingerprint density at radius 1 is 1.31 bits per heavy atom. The first-order chi connectivity index (χ1) is 7.29. The number of aryl methyl sites for hydroxylation is 1. The summed E-state index contributed by atoms with van der Waals surface area (Å²) in [4.78, 5) is 0. The van der Waals surface area contributed by atoms with Crippen LogP contribution in [0, 0.1) is 12.7 Å². The first-order valence-corrected chi connectivity index (χ1v) is 5.45. The van der Waals surface area contributed by atoms with E-state index in [0.29, 0.717) is 11.1 Å². The fraction of sp³-hybridized carbons (Fsp3) is 0.538. The molecule has 0 bridgehead atoms. The molecule has 0 spiro atoms. The highest BCUT2D eigenvalue weighted by atomic mass is 19.1. The Bertz CT molecular complexity index is 355. The molecule has 90 valence electrons. The maximum absolute atomic E-state index is 13.9. The molecule has 0 heterocycles. The largest absolute Gasteiger partial charge is 0.309 e. The molecular weight excluding hydrogens is 208 g/mol. The van der Waals surface area contributed by atoms with Crippen molar-refractivity contribution in [3.05, 3.63) is 35.1 Å². The lowest BCUT2D eigenvalue weighted by molar-refractivity contribution is 0.290. The van der Waals surface area contributed by atoms with Crippen molar-refractivity contribution >= 4 is 0 Å². The van der Waals surface area contributed by atoms with Gasteiger partial charge in [0.2, 0.25) is 0 Å². The summed E-state index contributed by atoms with van der Waals surface area (Å²) in [5.41, 5.74) is 1.10. The molecule has 1 nitrogen and oxygen atoms in total. The second-order valence-electron chi connectivity index (χ2n) is 5.10. The van der Waals surface area contributed by atoms with Crippen LogP contribution < -0.4 is 5.32 Å². The zero-order valence-corrected chi connectivity index (χ0v) is 10.3. The van der Waals surface area contributed by atoms with Crippen LogP contribution >= 0.6 is 0 Å². The topological polar surface area (TPSA) is 12.0 Å². The standard InChI is InChI=1S/C13H19F2N/c1-9-7-10(14)5-6-11(9)12(15)8-16-13(2,3)4/h5-7,12,16H,8H2,1-4H3. The number of alkyl halides is 1. The van der Waals surface area contributed by atoms with Crippen LogP contribution in [0.15, 0.2) is 18.2 Å². The minimum absolute atomic E-state index is 0.113. The smallest absolute Gasteiger partial charge is 0.138 e. The Hall–Kier alpha value is -0.960. The van der Waals surface area contributed by atoms with Crippen LogP contribution in [-0.4, -0.2) is 12.1 Å². The Labute approximate surface area is 95.9 Å². The molecule has 1 unspecified atom stereocenters. The summed E-state index contributed by atoms with van der Waals surface area (Å²) >= 11 is 0. The average Bonchev–Trinajstić information content (AvgIpc) is 2.13. The summed E-state index contributed by atoms with van der Waals surface area (Å²) < 4.78 is 26.7. The monoisotopic (exact) mass is 227 g/mol. The van der Waals surface area contributed by atoms with E-state index in [1.54, 1.807) is 6.92 Å². The van der Waals surface area contributed by atoms with E-state index in [1.165, 1.54) is 18.2 Å². The summed E-state index contributed by atoms with van der Waals surface area (Å²) in [7, 11) is 0. The van der Waals surface area contributed by atoms with Crippen molar-refractivity contribution in [2.24, 2.45) is 0 Å². The van der Waals surface area contributed by atoms with Crippen molar-refractivity contribution in [1.29, 1.82) is 0 Å². The fourth-order valence-electron chi connectivity index (χ4n) is 1.50. The minimum atomic E-state index is -1.10. The van der Waals surface area contributed by atoms with Gasteiger partial charge in [0.25, 0.3) is 0 Å². The third-order valence-electron chi connectivity index (χ3n) is 2.38. The van der Waals surface area contributed by atoms with Crippen molar-refractivity contribution in [1.82, 2.24) is 5.32 Å². The van der Waals surface area contributed by atoms with Crippen LogP contribution in [0.3, 0.4) is 0 Å². The molecule has 1 rings (SSSR count). The number of rotatable bonds is 3. The van der Waals surface area contributed by atoms with Gasteiger partial charge in [0.15, 0.2) is 0 Å². The van der Waals surface area contributed by atoms with Gasteiger partial charge in [-0.15, -0.1) is 0 Å². The van der Waals surface area contributed by atoms with Gasteiger partial charge < -0.3 is 5.32 Å². The molecule has 0 aliphatic heterocycles. The second-order valence-corrected chi connectivity index (χ2v) is 5.10. The number of nitrogens with one attached hydrogen (secondary N) is 1. The van der Waals surface area contributed by atoms with Gasteiger partial charge >= 0.3 is 0 Å². The molecule has 1 aromatic rings. The number of benzene rings is 1. The molecule has 0 radical (unpaired) electrons. The molecular formula is C13H19F2N. The Morgan fingerprint density at radius 2 is 1.94 bits per heavy atom. The first-order valence-electron chi connectivity index (χ1n) is 5.45. The lowest BCUT2D eigenvalue weighted by atomic mass is 10.0. The van der Waals surface area contributed by atoms with Crippen LogP contribution in [0.2, 0.25) is 0 Å². The highest BCUT2D eigenvalue weighted by molar-refractivity contribution is 5.28. The fourth-order valence-corrected chi connectivity index (χ4v) is 1.50. The minimum Gasteiger partial charge on any atom is -0.309 e. The number of hydrogen-bond donors (Lipinski definition) is 1. The van der Waals surface area contributed by atoms with Gasteiger partial charge in [-0.2, -0.15) is 0 Å². The zero-order chi connectivity index (χ0) is 12.3. The molecule has 0 saturated carbocycles. The Balaban J connectivity index is 2.70. The molecule has 1 N–H and O–H groups in total. The summed E-state index contributed by atoms with van der Waals surface area (Å²) in [6.07, 6.45) is -1.10.